The average Bonchev–Trinajstić information content (AvgIpc) is 2.34. The largest absolute Gasteiger partial charge is 0.372 e. The van der Waals surface area contributed by atoms with Gasteiger partial charge in [-0.15, -0.1) is 0 Å². The highest BCUT2D eigenvalue weighted by atomic mass is 15.1. The van der Waals surface area contributed by atoms with Gasteiger partial charge in [0.2, 0.25) is 0 Å². The minimum atomic E-state index is 1.13. The van der Waals surface area contributed by atoms with Crippen molar-refractivity contribution in [2.24, 2.45) is 0 Å². The van der Waals surface area contributed by atoms with Gasteiger partial charge in [0.05, 0.1) is 0 Å². The van der Waals surface area contributed by atoms with Gasteiger partial charge in [-0.3, -0.25) is 0 Å². The van der Waals surface area contributed by atoms with Gasteiger partial charge < -0.3 is 4.90 Å². The standard InChI is InChI=1S/C16H27N/c1-5-8-12-17(11-6-2)16-10-9-15(7-3)14(4)13-16/h9-10,13H,5-8,11-12H2,1-4H3. The van der Waals surface area contributed by atoms with Crippen LogP contribution in [0.2, 0.25) is 0 Å². The molecule has 96 valence electrons. The molecule has 0 atom stereocenters. The Labute approximate surface area is 107 Å². The van der Waals surface area contributed by atoms with Crippen LogP contribution in [0.4, 0.5) is 5.69 Å². The van der Waals surface area contributed by atoms with Crippen LogP contribution in [0.15, 0.2) is 18.2 Å². The zero-order chi connectivity index (χ0) is 12.7. The van der Waals surface area contributed by atoms with Crippen LogP contribution in [0.5, 0.6) is 0 Å². The summed E-state index contributed by atoms with van der Waals surface area (Å²) >= 11 is 0. The minimum Gasteiger partial charge on any atom is -0.372 e. The highest BCUT2D eigenvalue weighted by Crippen LogP contribution is 2.20. The van der Waals surface area contributed by atoms with E-state index in [-0.39, 0.29) is 0 Å². The lowest BCUT2D eigenvalue weighted by atomic mass is 10.1. The fourth-order valence-corrected chi connectivity index (χ4v) is 2.26. The van der Waals surface area contributed by atoms with E-state index in [1.165, 1.54) is 49.2 Å². The maximum atomic E-state index is 2.52. The zero-order valence-corrected chi connectivity index (χ0v) is 11.9. The monoisotopic (exact) mass is 233 g/mol. The van der Waals surface area contributed by atoms with Gasteiger partial charge in [0.25, 0.3) is 0 Å². The molecule has 0 aliphatic rings. The van der Waals surface area contributed by atoms with Crippen LogP contribution in [0, 0.1) is 6.92 Å². The van der Waals surface area contributed by atoms with Crippen LogP contribution < -0.4 is 4.90 Å². The molecule has 0 saturated carbocycles. The van der Waals surface area contributed by atoms with E-state index in [1.54, 1.807) is 0 Å². The third kappa shape index (κ3) is 4.07. The first-order valence-electron chi connectivity index (χ1n) is 7.07. The predicted octanol–water partition coefficient (Wildman–Crippen LogP) is 4.57. The van der Waals surface area contributed by atoms with Gasteiger partial charge in [-0.1, -0.05) is 33.3 Å². The SMILES string of the molecule is CCCCN(CCC)c1ccc(CC)c(C)c1. The fraction of sp³-hybridized carbons (Fsp3) is 0.625. The zero-order valence-electron chi connectivity index (χ0n) is 11.9. The summed E-state index contributed by atoms with van der Waals surface area (Å²) in [5.74, 6) is 0. The summed E-state index contributed by atoms with van der Waals surface area (Å²) in [6.07, 6.45) is 4.91. The van der Waals surface area contributed by atoms with Gasteiger partial charge in [0.15, 0.2) is 0 Å². The number of hydrogen-bond acceptors (Lipinski definition) is 1. The molecule has 1 aromatic carbocycles. The summed E-state index contributed by atoms with van der Waals surface area (Å²) < 4.78 is 0. The van der Waals surface area contributed by atoms with Crippen molar-refractivity contribution in [1.29, 1.82) is 0 Å². The third-order valence-electron chi connectivity index (χ3n) is 3.35. The maximum Gasteiger partial charge on any atom is 0.0369 e. The maximum absolute atomic E-state index is 2.52. The van der Waals surface area contributed by atoms with Crippen molar-refractivity contribution in [3.8, 4) is 0 Å². The molecule has 0 saturated heterocycles. The van der Waals surface area contributed by atoms with Gasteiger partial charge >= 0.3 is 0 Å². The third-order valence-corrected chi connectivity index (χ3v) is 3.35. The Morgan fingerprint density at radius 3 is 2.29 bits per heavy atom. The van der Waals surface area contributed by atoms with Crippen LogP contribution in [0.3, 0.4) is 0 Å². The number of hydrogen-bond donors (Lipinski definition) is 0. The van der Waals surface area contributed by atoms with E-state index in [0.717, 1.165) is 6.42 Å². The van der Waals surface area contributed by atoms with Crippen molar-refractivity contribution in [2.75, 3.05) is 18.0 Å². The van der Waals surface area contributed by atoms with Gasteiger partial charge in [-0.2, -0.15) is 0 Å². The number of unbranched alkanes of at least 4 members (excludes halogenated alkanes) is 1. The molecule has 1 rings (SSSR count). The Balaban J connectivity index is 2.82. The van der Waals surface area contributed by atoms with E-state index in [0.29, 0.717) is 0 Å². The number of benzene rings is 1. The molecule has 17 heavy (non-hydrogen) atoms. The molecule has 0 fully saturated rings. The molecule has 1 aromatic rings. The van der Waals surface area contributed by atoms with Gasteiger partial charge in [0, 0.05) is 18.8 Å². The summed E-state index contributed by atoms with van der Waals surface area (Å²) in [5, 5.41) is 0. The molecule has 1 heteroatoms. The predicted molar refractivity (Wildman–Crippen MR) is 78.0 cm³/mol. The van der Waals surface area contributed by atoms with Gasteiger partial charge in [-0.05, 0) is 49.4 Å². The fourth-order valence-electron chi connectivity index (χ4n) is 2.26. The number of anilines is 1. The first kappa shape index (κ1) is 14.1. The topological polar surface area (TPSA) is 3.24 Å². The lowest BCUT2D eigenvalue weighted by Gasteiger charge is -2.25. The summed E-state index contributed by atoms with van der Waals surface area (Å²) in [4.78, 5) is 2.52. The van der Waals surface area contributed by atoms with Crippen molar-refractivity contribution >= 4 is 5.69 Å². The van der Waals surface area contributed by atoms with E-state index in [1.807, 2.05) is 0 Å². The van der Waals surface area contributed by atoms with E-state index in [9.17, 15) is 0 Å². The smallest absolute Gasteiger partial charge is 0.0369 e. The Morgan fingerprint density at radius 1 is 1.00 bits per heavy atom. The molecule has 0 spiro atoms. The molecule has 1 nitrogen and oxygen atoms in total. The molecule has 0 aliphatic heterocycles. The Hall–Kier alpha value is -0.980. The summed E-state index contributed by atoms with van der Waals surface area (Å²) in [5.41, 5.74) is 4.30. The summed E-state index contributed by atoms with van der Waals surface area (Å²) in [6, 6.07) is 6.93. The van der Waals surface area contributed by atoms with E-state index in [2.05, 4.69) is 50.8 Å². The normalized spacial score (nSPS) is 10.6. The summed E-state index contributed by atoms with van der Waals surface area (Å²) in [6.45, 7) is 11.3. The van der Waals surface area contributed by atoms with E-state index < -0.39 is 0 Å². The minimum absolute atomic E-state index is 1.13. The second kappa shape index (κ2) is 7.37. The van der Waals surface area contributed by atoms with Crippen molar-refractivity contribution in [3.05, 3.63) is 29.3 Å². The second-order valence-electron chi connectivity index (χ2n) is 4.80. The molecule has 0 unspecified atom stereocenters. The molecule has 0 bridgehead atoms. The number of rotatable bonds is 7. The highest BCUT2D eigenvalue weighted by Gasteiger charge is 2.06. The summed E-state index contributed by atoms with van der Waals surface area (Å²) in [7, 11) is 0. The Morgan fingerprint density at radius 2 is 1.76 bits per heavy atom. The van der Waals surface area contributed by atoms with Crippen LogP contribution >= 0.6 is 0 Å². The Kier molecular flexibility index (Phi) is 6.10. The Bertz CT molecular complexity index is 330. The molecular weight excluding hydrogens is 206 g/mol. The van der Waals surface area contributed by atoms with Crippen molar-refractivity contribution < 1.29 is 0 Å². The average molecular weight is 233 g/mol. The number of nitrogens with zero attached hydrogens (tertiary/aromatic N) is 1. The first-order chi connectivity index (χ1) is 8.22. The van der Waals surface area contributed by atoms with Crippen LogP contribution in [0.1, 0.15) is 51.2 Å². The molecule has 0 amide bonds. The van der Waals surface area contributed by atoms with Crippen LogP contribution in [-0.2, 0) is 6.42 Å². The molecule has 0 N–H and O–H groups in total. The second-order valence-corrected chi connectivity index (χ2v) is 4.80. The molecule has 0 radical (unpaired) electrons. The first-order valence-corrected chi connectivity index (χ1v) is 7.07. The van der Waals surface area contributed by atoms with Crippen molar-refractivity contribution in [1.82, 2.24) is 0 Å². The van der Waals surface area contributed by atoms with Crippen molar-refractivity contribution in [2.45, 2.75) is 53.4 Å². The lowest BCUT2D eigenvalue weighted by molar-refractivity contribution is 0.704. The van der Waals surface area contributed by atoms with Gasteiger partial charge in [-0.25, -0.2) is 0 Å². The highest BCUT2D eigenvalue weighted by molar-refractivity contribution is 5.50. The quantitative estimate of drug-likeness (QED) is 0.666. The molecule has 0 aromatic heterocycles. The van der Waals surface area contributed by atoms with E-state index >= 15 is 0 Å². The molecular formula is C16H27N. The molecule has 0 aliphatic carbocycles. The van der Waals surface area contributed by atoms with Gasteiger partial charge in [0.1, 0.15) is 0 Å². The lowest BCUT2D eigenvalue weighted by Crippen LogP contribution is -2.25. The van der Waals surface area contributed by atoms with Crippen LogP contribution in [-0.4, -0.2) is 13.1 Å². The number of aryl methyl sites for hydroxylation is 2. The molecule has 0 heterocycles. The van der Waals surface area contributed by atoms with Crippen LogP contribution in [0.25, 0.3) is 0 Å². The van der Waals surface area contributed by atoms with Crippen molar-refractivity contribution in [3.63, 3.8) is 0 Å². The van der Waals surface area contributed by atoms with E-state index in [4.69, 9.17) is 0 Å².